The molecule has 0 aromatic carbocycles. The normalized spacial score (nSPS) is 16.1. The first kappa shape index (κ1) is 14.1. The molecule has 3 heterocycles. The Morgan fingerprint density at radius 2 is 2.00 bits per heavy atom. The van der Waals surface area contributed by atoms with Crippen molar-refractivity contribution in [2.75, 3.05) is 13.1 Å². The van der Waals surface area contributed by atoms with Crippen molar-refractivity contribution in [3.05, 3.63) is 30.1 Å². The Hall–Kier alpha value is -1.84. The fraction of sp³-hybridized carbons (Fsp3) is 0.529. The van der Waals surface area contributed by atoms with E-state index in [0.29, 0.717) is 0 Å². The number of aromatic nitrogens is 2. The van der Waals surface area contributed by atoms with Crippen LogP contribution in [0.3, 0.4) is 0 Å². The number of aryl methyl sites for hydroxylation is 1. The van der Waals surface area contributed by atoms with E-state index in [1.807, 2.05) is 23.2 Å². The second-order valence-electron chi connectivity index (χ2n) is 5.82. The predicted molar refractivity (Wildman–Crippen MR) is 84.4 cm³/mol. The lowest BCUT2D eigenvalue weighted by Crippen LogP contribution is -2.31. The van der Waals surface area contributed by atoms with E-state index in [1.54, 1.807) is 6.20 Å². The molecule has 0 saturated carbocycles. The van der Waals surface area contributed by atoms with Gasteiger partial charge in [0.15, 0.2) is 0 Å². The third kappa shape index (κ3) is 2.80. The van der Waals surface area contributed by atoms with Crippen LogP contribution in [0.15, 0.2) is 24.5 Å². The van der Waals surface area contributed by atoms with Gasteiger partial charge in [-0.2, -0.15) is 0 Å². The number of carbonyl (C=O) groups is 1. The van der Waals surface area contributed by atoms with Crippen molar-refractivity contribution in [2.45, 2.75) is 45.6 Å². The highest BCUT2D eigenvalue weighted by atomic mass is 16.2. The van der Waals surface area contributed by atoms with E-state index < -0.39 is 0 Å². The molecule has 0 atom stereocenters. The SMILES string of the molecule is CCCn1cc(C(=O)N2CCCCCC2)c2cccnc21. The van der Waals surface area contributed by atoms with Crippen molar-refractivity contribution >= 4 is 16.9 Å². The van der Waals surface area contributed by atoms with Crippen LogP contribution in [0, 0.1) is 0 Å². The van der Waals surface area contributed by atoms with Crippen LogP contribution in [0.25, 0.3) is 11.0 Å². The lowest BCUT2D eigenvalue weighted by molar-refractivity contribution is 0.0763. The van der Waals surface area contributed by atoms with Gasteiger partial charge in [-0.1, -0.05) is 19.8 Å². The zero-order valence-electron chi connectivity index (χ0n) is 12.7. The standard InChI is InChI=1S/C17H23N3O/c1-2-10-20-13-15(14-8-7-9-18-16(14)20)17(21)19-11-5-3-4-6-12-19/h7-9,13H,2-6,10-12H2,1H3. The maximum absolute atomic E-state index is 12.9. The first-order chi connectivity index (χ1) is 10.3. The highest BCUT2D eigenvalue weighted by molar-refractivity contribution is 6.06. The second kappa shape index (κ2) is 6.29. The highest BCUT2D eigenvalue weighted by Gasteiger charge is 2.21. The average molecular weight is 285 g/mol. The van der Waals surface area contributed by atoms with E-state index in [1.165, 1.54) is 12.8 Å². The quantitative estimate of drug-likeness (QED) is 0.866. The van der Waals surface area contributed by atoms with E-state index in [4.69, 9.17) is 0 Å². The van der Waals surface area contributed by atoms with Crippen LogP contribution in [0.4, 0.5) is 0 Å². The molecule has 0 radical (unpaired) electrons. The third-order valence-corrected chi connectivity index (χ3v) is 4.22. The van der Waals surface area contributed by atoms with Gasteiger partial charge in [-0.25, -0.2) is 4.98 Å². The Morgan fingerprint density at radius 3 is 2.71 bits per heavy atom. The summed E-state index contributed by atoms with van der Waals surface area (Å²) in [5.74, 6) is 0.171. The van der Waals surface area contributed by atoms with Gasteiger partial charge < -0.3 is 9.47 Å². The minimum Gasteiger partial charge on any atom is -0.339 e. The summed E-state index contributed by atoms with van der Waals surface area (Å²) in [4.78, 5) is 19.3. The Kier molecular flexibility index (Phi) is 4.23. The summed E-state index contributed by atoms with van der Waals surface area (Å²) in [6.07, 6.45) is 9.56. The van der Waals surface area contributed by atoms with Crippen LogP contribution in [0.2, 0.25) is 0 Å². The molecule has 2 aromatic heterocycles. The van der Waals surface area contributed by atoms with Crippen molar-refractivity contribution in [3.63, 3.8) is 0 Å². The molecule has 1 amide bonds. The van der Waals surface area contributed by atoms with E-state index in [0.717, 1.165) is 55.5 Å². The van der Waals surface area contributed by atoms with Crippen molar-refractivity contribution in [1.82, 2.24) is 14.5 Å². The third-order valence-electron chi connectivity index (χ3n) is 4.22. The molecule has 1 fully saturated rings. The van der Waals surface area contributed by atoms with Gasteiger partial charge in [-0.3, -0.25) is 4.79 Å². The highest BCUT2D eigenvalue weighted by Crippen LogP contribution is 2.22. The summed E-state index contributed by atoms with van der Waals surface area (Å²) >= 11 is 0. The fourth-order valence-corrected chi connectivity index (χ4v) is 3.15. The van der Waals surface area contributed by atoms with Crippen LogP contribution in [-0.2, 0) is 6.54 Å². The average Bonchev–Trinajstić information content (AvgIpc) is 2.70. The Morgan fingerprint density at radius 1 is 1.24 bits per heavy atom. The summed E-state index contributed by atoms with van der Waals surface area (Å²) in [6.45, 7) is 4.82. The minimum atomic E-state index is 0.171. The summed E-state index contributed by atoms with van der Waals surface area (Å²) in [5, 5.41) is 0.986. The molecule has 0 bridgehead atoms. The number of nitrogens with zero attached hydrogens (tertiary/aromatic N) is 3. The monoisotopic (exact) mass is 285 g/mol. The smallest absolute Gasteiger partial charge is 0.256 e. The van der Waals surface area contributed by atoms with Crippen molar-refractivity contribution in [1.29, 1.82) is 0 Å². The lowest BCUT2D eigenvalue weighted by atomic mass is 10.2. The number of pyridine rings is 1. The van der Waals surface area contributed by atoms with Gasteiger partial charge in [0.25, 0.3) is 5.91 Å². The molecule has 1 aliphatic heterocycles. The molecule has 0 unspecified atom stereocenters. The van der Waals surface area contributed by atoms with Crippen molar-refractivity contribution < 1.29 is 4.79 Å². The lowest BCUT2D eigenvalue weighted by Gasteiger charge is -2.19. The van der Waals surface area contributed by atoms with Crippen LogP contribution in [0.1, 0.15) is 49.4 Å². The molecule has 1 saturated heterocycles. The zero-order chi connectivity index (χ0) is 14.7. The van der Waals surface area contributed by atoms with Gasteiger partial charge in [0.2, 0.25) is 0 Å². The van der Waals surface area contributed by atoms with Crippen LogP contribution >= 0.6 is 0 Å². The number of carbonyl (C=O) groups excluding carboxylic acids is 1. The maximum Gasteiger partial charge on any atom is 0.256 e. The Bertz CT molecular complexity index is 624. The first-order valence-corrected chi connectivity index (χ1v) is 8.04. The minimum absolute atomic E-state index is 0.171. The molecule has 3 rings (SSSR count). The molecule has 0 aliphatic carbocycles. The van der Waals surface area contributed by atoms with Crippen LogP contribution in [-0.4, -0.2) is 33.4 Å². The van der Waals surface area contributed by atoms with E-state index in [2.05, 4.69) is 16.5 Å². The molecule has 2 aromatic rings. The molecular weight excluding hydrogens is 262 g/mol. The van der Waals surface area contributed by atoms with Gasteiger partial charge in [-0.05, 0) is 31.4 Å². The number of hydrogen-bond donors (Lipinski definition) is 0. The second-order valence-corrected chi connectivity index (χ2v) is 5.82. The summed E-state index contributed by atoms with van der Waals surface area (Å²) in [7, 11) is 0. The van der Waals surface area contributed by atoms with Gasteiger partial charge in [0.05, 0.1) is 5.56 Å². The van der Waals surface area contributed by atoms with Crippen LogP contribution in [0.5, 0.6) is 0 Å². The zero-order valence-corrected chi connectivity index (χ0v) is 12.7. The van der Waals surface area contributed by atoms with E-state index in [-0.39, 0.29) is 5.91 Å². The van der Waals surface area contributed by atoms with Crippen LogP contribution < -0.4 is 0 Å². The topological polar surface area (TPSA) is 38.1 Å². The number of amides is 1. The largest absolute Gasteiger partial charge is 0.339 e. The first-order valence-electron chi connectivity index (χ1n) is 8.04. The van der Waals surface area contributed by atoms with E-state index >= 15 is 0 Å². The van der Waals surface area contributed by atoms with Gasteiger partial charge in [0, 0.05) is 37.4 Å². The number of rotatable bonds is 3. The van der Waals surface area contributed by atoms with E-state index in [9.17, 15) is 4.79 Å². The molecule has 112 valence electrons. The summed E-state index contributed by atoms with van der Waals surface area (Å²) in [5.41, 5.74) is 1.74. The molecule has 4 nitrogen and oxygen atoms in total. The molecule has 1 aliphatic rings. The van der Waals surface area contributed by atoms with Gasteiger partial charge in [-0.15, -0.1) is 0 Å². The van der Waals surface area contributed by atoms with Gasteiger partial charge in [0.1, 0.15) is 5.65 Å². The number of fused-ring (bicyclic) bond motifs is 1. The summed E-state index contributed by atoms with van der Waals surface area (Å²) in [6, 6.07) is 3.93. The maximum atomic E-state index is 12.9. The molecule has 4 heteroatoms. The fourth-order valence-electron chi connectivity index (χ4n) is 3.15. The Balaban J connectivity index is 1.97. The van der Waals surface area contributed by atoms with Crippen molar-refractivity contribution in [3.8, 4) is 0 Å². The molecule has 21 heavy (non-hydrogen) atoms. The van der Waals surface area contributed by atoms with Gasteiger partial charge >= 0.3 is 0 Å². The Labute approximate surface area is 125 Å². The molecule has 0 N–H and O–H groups in total. The summed E-state index contributed by atoms with van der Waals surface area (Å²) < 4.78 is 2.11. The number of likely N-dealkylation sites (tertiary alicyclic amines) is 1. The molecular formula is C17H23N3O. The predicted octanol–water partition coefficient (Wildman–Crippen LogP) is 3.46. The number of hydrogen-bond acceptors (Lipinski definition) is 2. The molecule has 0 spiro atoms. The van der Waals surface area contributed by atoms with Crippen molar-refractivity contribution in [2.24, 2.45) is 0 Å².